The van der Waals surface area contributed by atoms with Gasteiger partial charge in [-0.1, -0.05) is 38.2 Å². The van der Waals surface area contributed by atoms with E-state index in [-0.39, 0.29) is 5.91 Å². The van der Waals surface area contributed by atoms with Crippen LogP contribution in [-0.2, 0) is 4.79 Å². The summed E-state index contributed by atoms with van der Waals surface area (Å²) in [5, 5.41) is 6.98. The van der Waals surface area contributed by atoms with Crippen molar-refractivity contribution < 1.29 is 9.53 Å². The van der Waals surface area contributed by atoms with Gasteiger partial charge >= 0.3 is 0 Å². The first kappa shape index (κ1) is 23.0. The Bertz CT molecular complexity index is 1020. The third-order valence-corrected chi connectivity index (χ3v) is 6.94. The highest BCUT2D eigenvalue weighted by Crippen LogP contribution is 2.35. The summed E-state index contributed by atoms with van der Waals surface area (Å²) in [6, 6.07) is 5.32. The highest BCUT2D eigenvalue weighted by Gasteiger charge is 2.31. The first-order valence-electron chi connectivity index (χ1n) is 11.9. The zero-order chi connectivity index (χ0) is 23.2. The molecule has 2 atom stereocenters. The molecule has 0 bridgehead atoms. The van der Waals surface area contributed by atoms with E-state index in [2.05, 4.69) is 20.4 Å². The lowest BCUT2D eigenvalue weighted by atomic mass is 9.76. The van der Waals surface area contributed by atoms with Crippen molar-refractivity contribution in [2.24, 2.45) is 27.8 Å². The third-order valence-electron chi connectivity index (χ3n) is 6.94. The van der Waals surface area contributed by atoms with E-state index in [0.717, 1.165) is 36.3 Å². The van der Waals surface area contributed by atoms with Gasteiger partial charge in [-0.25, -0.2) is 4.98 Å². The molecule has 2 aromatic rings. The minimum Gasteiger partial charge on any atom is -0.495 e. The standard InChI is InChI=1S/C25H34N6O2/c1-17-15-31(16-29-17)23-9-8-20(13-24(23)33-2)22(30-26)14-28-21-12-19(10-11-27-25(21)32)18-6-4-3-5-7-18/h8-9,13-16,18-19,21H,3-7,10-12,26H2,1-2H3,(H,27,32). The molecule has 2 heterocycles. The van der Waals surface area contributed by atoms with Crippen molar-refractivity contribution in [2.75, 3.05) is 13.7 Å². The normalized spacial score (nSPS) is 22.8. The van der Waals surface area contributed by atoms with Crippen LogP contribution < -0.4 is 15.9 Å². The summed E-state index contributed by atoms with van der Waals surface area (Å²) in [7, 11) is 1.63. The zero-order valence-electron chi connectivity index (χ0n) is 19.5. The molecule has 1 aliphatic heterocycles. The highest BCUT2D eigenvalue weighted by atomic mass is 16.5. The van der Waals surface area contributed by atoms with Crippen molar-refractivity contribution in [1.29, 1.82) is 0 Å². The van der Waals surface area contributed by atoms with Crippen LogP contribution >= 0.6 is 0 Å². The van der Waals surface area contributed by atoms with Crippen molar-refractivity contribution in [3.8, 4) is 11.4 Å². The van der Waals surface area contributed by atoms with E-state index >= 15 is 0 Å². The quantitative estimate of drug-likeness (QED) is 0.400. The molecule has 8 nitrogen and oxygen atoms in total. The van der Waals surface area contributed by atoms with Gasteiger partial charge in [0.2, 0.25) is 5.91 Å². The number of hydrogen-bond acceptors (Lipinski definition) is 6. The van der Waals surface area contributed by atoms with E-state index in [9.17, 15) is 4.79 Å². The maximum atomic E-state index is 12.7. The fraction of sp³-hybridized carbons (Fsp3) is 0.520. The van der Waals surface area contributed by atoms with E-state index < -0.39 is 6.04 Å². The van der Waals surface area contributed by atoms with Gasteiger partial charge in [-0.2, -0.15) is 5.10 Å². The summed E-state index contributed by atoms with van der Waals surface area (Å²) in [6.07, 6.45) is 13.6. The number of amides is 1. The molecule has 1 amide bonds. The lowest BCUT2D eigenvalue weighted by Crippen LogP contribution is -2.32. The number of rotatable bonds is 6. The number of aromatic nitrogens is 2. The van der Waals surface area contributed by atoms with E-state index in [0.29, 0.717) is 23.3 Å². The monoisotopic (exact) mass is 450 g/mol. The summed E-state index contributed by atoms with van der Waals surface area (Å²) in [6.45, 7) is 2.67. The number of aryl methyl sites for hydroxylation is 1. The zero-order valence-corrected chi connectivity index (χ0v) is 19.5. The number of carbonyl (C=O) groups excluding carboxylic acids is 1. The Morgan fingerprint density at radius 2 is 2.06 bits per heavy atom. The van der Waals surface area contributed by atoms with Crippen LogP contribution in [0.3, 0.4) is 0 Å². The number of imidazole rings is 1. The number of carbonyl (C=O) groups is 1. The Kier molecular flexibility index (Phi) is 7.42. The van der Waals surface area contributed by atoms with Crippen LogP contribution in [0, 0.1) is 18.8 Å². The molecule has 1 saturated carbocycles. The van der Waals surface area contributed by atoms with E-state index in [1.165, 1.54) is 32.1 Å². The number of nitrogens with zero attached hydrogens (tertiary/aromatic N) is 4. The molecule has 0 radical (unpaired) electrons. The van der Waals surface area contributed by atoms with Crippen LogP contribution in [0.15, 0.2) is 40.8 Å². The van der Waals surface area contributed by atoms with Gasteiger partial charge < -0.3 is 20.5 Å². The van der Waals surface area contributed by atoms with Crippen molar-refractivity contribution >= 4 is 17.8 Å². The maximum Gasteiger partial charge on any atom is 0.244 e. The second-order valence-corrected chi connectivity index (χ2v) is 9.09. The molecule has 8 heteroatoms. The molecule has 2 fully saturated rings. The molecular weight excluding hydrogens is 416 g/mol. The average Bonchev–Trinajstić information content (AvgIpc) is 3.19. The van der Waals surface area contributed by atoms with Crippen LogP contribution in [0.25, 0.3) is 5.69 Å². The van der Waals surface area contributed by atoms with Crippen molar-refractivity contribution in [1.82, 2.24) is 14.9 Å². The fourth-order valence-electron chi connectivity index (χ4n) is 5.12. The molecule has 4 rings (SSSR count). The topological polar surface area (TPSA) is 107 Å². The molecule has 3 N–H and O–H groups in total. The van der Waals surface area contributed by atoms with Gasteiger partial charge in [0.25, 0.3) is 0 Å². The molecule has 2 unspecified atom stereocenters. The Morgan fingerprint density at radius 3 is 2.76 bits per heavy atom. The predicted octanol–water partition coefficient (Wildman–Crippen LogP) is 3.40. The molecule has 2 aliphatic rings. The molecule has 1 aromatic carbocycles. The molecule has 33 heavy (non-hydrogen) atoms. The number of hydrogen-bond donors (Lipinski definition) is 2. The van der Waals surface area contributed by atoms with Gasteiger partial charge in [0.15, 0.2) is 0 Å². The Hall–Kier alpha value is -3.16. The summed E-state index contributed by atoms with van der Waals surface area (Å²) in [5.41, 5.74) is 3.07. The Balaban J connectivity index is 1.52. The molecular formula is C25H34N6O2. The largest absolute Gasteiger partial charge is 0.495 e. The maximum absolute atomic E-state index is 12.7. The van der Waals surface area contributed by atoms with E-state index in [4.69, 9.17) is 10.6 Å². The van der Waals surface area contributed by atoms with Gasteiger partial charge in [-0.3, -0.25) is 9.79 Å². The second-order valence-electron chi connectivity index (χ2n) is 9.09. The minimum absolute atomic E-state index is 0.00987. The lowest BCUT2D eigenvalue weighted by molar-refractivity contribution is -0.122. The van der Waals surface area contributed by atoms with Crippen LogP contribution in [0.4, 0.5) is 0 Å². The van der Waals surface area contributed by atoms with Crippen molar-refractivity contribution in [3.63, 3.8) is 0 Å². The summed E-state index contributed by atoms with van der Waals surface area (Å²) >= 11 is 0. The molecule has 1 aliphatic carbocycles. The number of hydrazone groups is 1. The number of nitrogens with two attached hydrogens (primary N) is 1. The number of methoxy groups -OCH3 is 1. The van der Waals surface area contributed by atoms with Crippen LogP contribution in [-0.4, -0.2) is 47.1 Å². The SMILES string of the molecule is COc1cc(C(C=NC2CC(C3CCCCC3)CCNC2=O)=NN)ccc1-n1cnc(C)c1. The van der Waals surface area contributed by atoms with Gasteiger partial charge in [0, 0.05) is 18.3 Å². The smallest absolute Gasteiger partial charge is 0.244 e. The van der Waals surface area contributed by atoms with Crippen molar-refractivity contribution in [3.05, 3.63) is 42.0 Å². The number of aliphatic imine (C=N–C) groups is 1. The van der Waals surface area contributed by atoms with E-state index in [1.807, 2.05) is 35.9 Å². The fourth-order valence-corrected chi connectivity index (χ4v) is 5.12. The third kappa shape index (κ3) is 5.43. The number of ether oxygens (including phenoxy) is 1. The highest BCUT2D eigenvalue weighted by molar-refractivity contribution is 6.38. The van der Waals surface area contributed by atoms with Crippen LogP contribution in [0.5, 0.6) is 5.75 Å². The van der Waals surface area contributed by atoms with Gasteiger partial charge in [0.1, 0.15) is 17.5 Å². The first-order chi connectivity index (χ1) is 16.1. The van der Waals surface area contributed by atoms with Gasteiger partial charge in [-0.15, -0.1) is 0 Å². The molecule has 176 valence electrons. The van der Waals surface area contributed by atoms with Crippen LogP contribution in [0.2, 0.25) is 0 Å². The lowest BCUT2D eigenvalue weighted by Gasteiger charge is -2.29. The van der Waals surface area contributed by atoms with E-state index in [1.54, 1.807) is 19.7 Å². The Labute approximate surface area is 195 Å². The minimum atomic E-state index is -0.411. The number of nitrogens with one attached hydrogen (secondary N) is 1. The van der Waals surface area contributed by atoms with Gasteiger partial charge in [0.05, 0.1) is 31.0 Å². The molecule has 1 aromatic heterocycles. The first-order valence-corrected chi connectivity index (χ1v) is 11.9. The summed E-state index contributed by atoms with van der Waals surface area (Å²) in [4.78, 5) is 21.6. The number of benzene rings is 1. The van der Waals surface area contributed by atoms with Crippen LogP contribution in [0.1, 0.15) is 56.2 Å². The average molecular weight is 451 g/mol. The summed E-state index contributed by atoms with van der Waals surface area (Å²) in [5.74, 6) is 7.61. The molecule has 1 saturated heterocycles. The summed E-state index contributed by atoms with van der Waals surface area (Å²) < 4.78 is 7.51. The van der Waals surface area contributed by atoms with Crippen molar-refractivity contribution in [2.45, 2.75) is 57.9 Å². The van der Waals surface area contributed by atoms with Gasteiger partial charge in [-0.05, 0) is 43.7 Å². The second kappa shape index (κ2) is 10.6. The Morgan fingerprint density at radius 1 is 1.24 bits per heavy atom. The molecule has 0 spiro atoms. The predicted molar refractivity (Wildman–Crippen MR) is 130 cm³/mol.